The lowest BCUT2D eigenvalue weighted by Crippen LogP contribution is -2.42. The van der Waals surface area contributed by atoms with Crippen molar-refractivity contribution >= 4 is 17.4 Å². The summed E-state index contributed by atoms with van der Waals surface area (Å²) in [5.74, 6) is 0.922. The SMILES string of the molecule is N#Cc1cc(Oc2ccc(C(=O)NC3CC4CCC3N4)cc2)ns1. The first-order valence-corrected chi connectivity index (χ1v) is 8.70. The Morgan fingerprint density at radius 2 is 2.21 bits per heavy atom. The summed E-state index contributed by atoms with van der Waals surface area (Å²) in [6, 6.07) is 11.8. The second kappa shape index (κ2) is 6.23. The van der Waals surface area contributed by atoms with Crippen LogP contribution in [-0.2, 0) is 0 Å². The zero-order chi connectivity index (χ0) is 16.5. The van der Waals surface area contributed by atoms with Crippen molar-refractivity contribution in [2.24, 2.45) is 0 Å². The van der Waals surface area contributed by atoms with Gasteiger partial charge in [-0.25, -0.2) is 0 Å². The molecule has 1 aromatic heterocycles. The summed E-state index contributed by atoms with van der Waals surface area (Å²) in [5.41, 5.74) is 0.612. The van der Waals surface area contributed by atoms with Crippen molar-refractivity contribution in [3.63, 3.8) is 0 Å². The van der Waals surface area contributed by atoms with Gasteiger partial charge in [0.15, 0.2) is 0 Å². The zero-order valence-corrected chi connectivity index (χ0v) is 13.7. The van der Waals surface area contributed by atoms with E-state index in [1.807, 2.05) is 6.07 Å². The van der Waals surface area contributed by atoms with Crippen molar-refractivity contribution < 1.29 is 9.53 Å². The van der Waals surface area contributed by atoms with Gasteiger partial charge in [-0.15, -0.1) is 0 Å². The molecule has 2 fully saturated rings. The third kappa shape index (κ3) is 2.98. The second-order valence-corrected chi connectivity index (χ2v) is 6.94. The number of ether oxygens (including phenoxy) is 1. The van der Waals surface area contributed by atoms with E-state index in [1.54, 1.807) is 30.3 Å². The Kier molecular flexibility index (Phi) is 3.92. The summed E-state index contributed by atoms with van der Waals surface area (Å²) in [4.78, 5) is 12.9. The van der Waals surface area contributed by atoms with Gasteiger partial charge in [-0.05, 0) is 55.1 Å². The van der Waals surface area contributed by atoms with Gasteiger partial charge in [0, 0.05) is 29.8 Å². The molecule has 0 spiro atoms. The van der Waals surface area contributed by atoms with Gasteiger partial charge in [0.1, 0.15) is 16.7 Å². The van der Waals surface area contributed by atoms with Crippen LogP contribution in [0.15, 0.2) is 30.3 Å². The van der Waals surface area contributed by atoms with Gasteiger partial charge in [0.05, 0.1) is 0 Å². The zero-order valence-electron chi connectivity index (χ0n) is 12.9. The molecule has 3 atom stereocenters. The molecule has 1 aromatic carbocycles. The number of carbonyl (C=O) groups excluding carboxylic acids is 1. The minimum atomic E-state index is -0.0543. The van der Waals surface area contributed by atoms with E-state index in [2.05, 4.69) is 15.0 Å². The van der Waals surface area contributed by atoms with Crippen LogP contribution in [0.5, 0.6) is 11.6 Å². The van der Waals surface area contributed by atoms with Crippen LogP contribution in [0.25, 0.3) is 0 Å². The molecule has 0 saturated carbocycles. The Bertz CT molecular complexity index is 796. The highest BCUT2D eigenvalue weighted by molar-refractivity contribution is 7.06. The van der Waals surface area contributed by atoms with Crippen LogP contribution in [0.1, 0.15) is 34.5 Å². The standard InChI is InChI=1S/C17H16N4O2S/c18-9-13-8-16(21-24-13)23-12-4-1-10(2-5-12)17(22)20-15-7-11-3-6-14(15)19-11/h1-2,4-5,8,11,14-15,19H,3,6-7H2,(H,20,22). The van der Waals surface area contributed by atoms with Gasteiger partial charge in [0.25, 0.3) is 5.91 Å². The maximum absolute atomic E-state index is 12.4. The smallest absolute Gasteiger partial charge is 0.251 e. The highest BCUT2D eigenvalue weighted by Crippen LogP contribution is 2.28. The first kappa shape index (κ1) is 15.1. The summed E-state index contributed by atoms with van der Waals surface area (Å²) in [6.45, 7) is 0. The largest absolute Gasteiger partial charge is 0.438 e. The molecule has 0 radical (unpaired) electrons. The van der Waals surface area contributed by atoms with E-state index in [0.717, 1.165) is 24.4 Å². The minimum Gasteiger partial charge on any atom is -0.438 e. The minimum absolute atomic E-state index is 0.0543. The summed E-state index contributed by atoms with van der Waals surface area (Å²) >= 11 is 1.09. The molecule has 2 aromatic rings. The summed E-state index contributed by atoms with van der Waals surface area (Å²) < 4.78 is 9.62. The molecule has 2 N–H and O–H groups in total. The van der Waals surface area contributed by atoms with E-state index in [4.69, 9.17) is 10.00 Å². The van der Waals surface area contributed by atoms with Crippen molar-refractivity contribution in [1.29, 1.82) is 5.26 Å². The average Bonchev–Trinajstić information content (AvgIpc) is 3.32. The molecule has 2 saturated heterocycles. The lowest BCUT2D eigenvalue weighted by molar-refractivity contribution is 0.0931. The number of aromatic nitrogens is 1. The van der Waals surface area contributed by atoms with Gasteiger partial charge in [-0.1, -0.05) is 0 Å². The van der Waals surface area contributed by atoms with Crippen molar-refractivity contribution in [3.05, 3.63) is 40.8 Å². The molecule has 3 unspecified atom stereocenters. The van der Waals surface area contributed by atoms with Crippen LogP contribution in [-0.4, -0.2) is 28.4 Å². The summed E-state index contributed by atoms with van der Waals surface area (Å²) in [5, 5.41) is 15.4. The molecule has 6 nitrogen and oxygen atoms in total. The van der Waals surface area contributed by atoms with Crippen molar-refractivity contribution in [2.75, 3.05) is 0 Å². The first-order valence-electron chi connectivity index (χ1n) is 7.93. The van der Waals surface area contributed by atoms with E-state index >= 15 is 0 Å². The predicted octanol–water partition coefficient (Wildman–Crippen LogP) is 2.43. The number of rotatable bonds is 4. The maximum atomic E-state index is 12.4. The molecule has 2 aliphatic rings. The third-order valence-corrected chi connectivity index (χ3v) is 5.23. The van der Waals surface area contributed by atoms with Crippen molar-refractivity contribution in [2.45, 2.75) is 37.4 Å². The third-order valence-electron chi connectivity index (χ3n) is 4.55. The molecule has 2 aliphatic heterocycles. The molecule has 7 heteroatoms. The summed E-state index contributed by atoms with van der Waals surface area (Å²) in [7, 11) is 0. The van der Waals surface area contributed by atoms with Crippen molar-refractivity contribution in [1.82, 2.24) is 15.0 Å². The predicted molar refractivity (Wildman–Crippen MR) is 89.2 cm³/mol. The van der Waals surface area contributed by atoms with Crippen LogP contribution in [0.3, 0.4) is 0 Å². The average molecular weight is 340 g/mol. The van der Waals surface area contributed by atoms with Gasteiger partial charge in [-0.3, -0.25) is 4.79 Å². The topological polar surface area (TPSA) is 87.0 Å². The Morgan fingerprint density at radius 3 is 2.83 bits per heavy atom. The molecule has 3 heterocycles. The summed E-state index contributed by atoms with van der Waals surface area (Å²) in [6.07, 6.45) is 3.37. The first-order chi connectivity index (χ1) is 11.7. The highest BCUT2D eigenvalue weighted by Gasteiger charge is 2.39. The van der Waals surface area contributed by atoms with E-state index in [0.29, 0.717) is 34.2 Å². The second-order valence-electron chi connectivity index (χ2n) is 6.13. The number of nitriles is 1. The maximum Gasteiger partial charge on any atom is 0.251 e. The molecule has 1 amide bonds. The number of nitrogens with zero attached hydrogens (tertiary/aromatic N) is 2. The van der Waals surface area contributed by atoms with Crippen molar-refractivity contribution in [3.8, 4) is 17.7 Å². The number of amides is 1. The lowest BCUT2D eigenvalue weighted by Gasteiger charge is -2.21. The number of nitrogens with one attached hydrogen (secondary N) is 2. The molecule has 122 valence electrons. The van der Waals surface area contributed by atoms with Gasteiger partial charge >= 0.3 is 0 Å². The van der Waals surface area contributed by atoms with Crippen LogP contribution >= 0.6 is 11.5 Å². The van der Waals surface area contributed by atoms with Gasteiger partial charge in [0.2, 0.25) is 5.88 Å². The Morgan fingerprint density at radius 1 is 1.38 bits per heavy atom. The fourth-order valence-corrected chi connectivity index (χ4v) is 3.86. The Labute approximate surface area is 143 Å². The van der Waals surface area contributed by atoms with Gasteiger partial charge < -0.3 is 15.4 Å². The molecule has 2 bridgehead atoms. The molecule has 0 aliphatic carbocycles. The lowest BCUT2D eigenvalue weighted by atomic mass is 9.95. The van der Waals surface area contributed by atoms with Crippen LogP contribution in [0.4, 0.5) is 0 Å². The van der Waals surface area contributed by atoms with Crippen LogP contribution < -0.4 is 15.4 Å². The molecule has 24 heavy (non-hydrogen) atoms. The highest BCUT2D eigenvalue weighted by atomic mass is 32.1. The van der Waals surface area contributed by atoms with E-state index in [-0.39, 0.29) is 11.9 Å². The number of fused-ring (bicyclic) bond motifs is 2. The Balaban J connectivity index is 1.38. The fourth-order valence-electron chi connectivity index (χ4n) is 3.39. The number of benzene rings is 1. The Hall–Kier alpha value is -2.43. The number of hydrogen-bond acceptors (Lipinski definition) is 6. The van der Waals surface area contributed by atoms with Gasteiger partial charge in [-0.2, -0.15) is 9.64 Å². The fraction of sp³-hybridized carbons (Fsp3) is 0.353. The quantitative estimate of drug-likeness (QED) is 0.892. The van der Waals surface area contributed by atoms with E-state index in [9.17, 15) is 4.79 Å². The van der Waals surface area contributed by atoms with E-state index in [1.165, 1.54) is 6.42 Å². The molecule has 4 rings (SSSR count). The van der Waals surface area contributed by atoms with Crippen LogP contribution in [0, 0.1) is 11.3 Å². The van der Waals surface area contributed by atoms with E-state index < -0.39 is 0 Å². The monoisotopic (exact) mass is 340 g/mol. The number of hydrogen-bond donors (Lipinski definition) is 2. The normalized spacial score (nSPS) is 24.5. The number of carbonyl (C=O) groups is 1. The molecular formula is C17H16N4O2S. The van der Waals surface area contributed by atoms with Crippen LogP contribution in [0.2, 0.25) is 0 Å². The molecular weight excluding hydrogens is 324 g/mol.